The van der Waals surface area contributed by atoms with Gasteiger partial charge < -0.3 is 5.32 Å². The predicted molar refractivity (Wildman–Crippen MR) is 108 cm³/mol. The summed E-state index contributed by atoms with van der Waals surface area (Å²) in [5, 5.41) is 4.41. The fourth-order valence-electron chi connectivity index (χ4n) is 3.67. The number of rotatable bonds is 5. The van der Waals surface area contributed by atoms with Crippen LogP contribution in [0.2, 0.25) is 0 Å². The van der Waals surface area contributed by atoms with Crippen molar-refractivity contribution in [1.29, 1.82) is 0 Å². The van der Waals surface area contributed by atoms with Crippen LogP contribution in [-0.4, -0.2) is 15.6 Å². The number of terminal acetylenes is 1. The SMILES string of the molecule is C#CCc1ccccc1-n1c(=O)nc(NC2CC2)c2ccc(C3CC3)cc21. The first kappa shape index (κ1) is 16.1. The van der Waals surface area contributed by atoms with Crippen molar-refractivity contribution in [3.63, 3.8) is 0 Å². The standard InChI is InChI=1S/C23H21N3O/c1-2-5-16-6-3-4-7-20(16)26-21-14-17(15-8-9-15)10-13-19(21)22(25-23(26)27)24-18-11-12-18/h1,3-4,6-7,10,13-15,18H,5,8-9,11-12H2,(H,24,25,27). The van der Waals surface area contributed by atoms with Crippen molar-refractivity contribution in [1.82, 2.24) is 9.55 Å². The summed E-state index contributed by atoms with van der Waals surface area (Å²) in [6.07, 6.45) is 10.8. The number of para-hydroxylation sites is 1. The fraction of sp³-hybridized carbons (Fsp3) is 0.304. The van der Waals surface area contributed by atoms with E-state index in [9.17, 15) is 4.79 Å². The Balaban J connectivity index is 1.78. The van der Waals surface area contributed by atoms with E-state index in [1.165, 1.54) is 18.4 Å². The average Bonchev–Trinajstić information content (AvgIpc) is 3.57. The number of benzene rings is 2. The van der Waals surface area contributed by atoms with E-state index in [1.54, 1.807) is 4.57 Å². The summed E-state index contributed by atoms with van der Waals surface area (Å²) in [5.41, 5.74) is 3.73. The van der Waals surface area contributed by atoms with E-state index in [0.29, 0.717) is 24.2 Å². The minimum absolute atomic E-state index is 0.261. The van der Waals surface area contributed by atoms with E-state index in [0.717, 1.165) is 35.0 Å². The molecule has 0 amide bonds. The molecule has 0 spiro atoms. The van der Waals surface area contributed by atoms with Crippen molar-refractivity contribution in [2.24, 2.45) is 0 Å². The van der Waals surface area contributed by atoms with Gasteiger partial charge in [0.1, 0.15) is 5.82 Å². The second kappa shape index (κ2) is 6.28. The molecule has 2 saturated carbocycles. The van der Waals surface area contributed by atoms with Crippen LogP contribution in [0, 0.1) is 12.3 Å². The molecule has 2 fully saturated rings. The van der Waals surface area contributed by atoms with E-state index in [4.69, 9.17) is 6.42 Å². The molecule has 2 aliphatic rings. The van der Waals surface area contributed by atoms with Crippen LogP contribution in [0.1, 0.15) is 42.7 Å². The lowest BCUT2D eigenvalue weighted by atomic mass is 10.1. The predicted octanol–water partition coefficient (Wildman–Crippen LogP) is 4.01. The molecular weight excluding hydrogens is 334 g/mol. The first-order chi connectivity index (χ1) is 13.2. The molecule has 1 heterocycles. The maximum atomic E-state index is 13.1. The van der Waals surface area contributed by atoms with Crippen LogP contribution in [0.5, 0.6) is 0 Å². The molecule has 0 atom stereocenters. The van der Waals surface area contributed by atoms with Gasteiger partial charge in [0.05, 0.1) is 11.2 Å². The van der Waals surface area contributed by atoms with Crippen LogP contribution in [0.25, 0.3) is 16.6 Å². The van der Waals surface area contributed by atoms with Gasteiger partial charge in [-0.1, -0.05) is 24.3 Å². The first-order valence-electron chi connectivity index (χ1n) is 9.59. The lowest BCUT2D eigenvalue weighted by Crippen LogP contribution is -2.25. The maximum Gasteiger partial charge on any atom is 0.354 e. The molecule has 0 bridgehead atoms. The van der Waals surface area contributed by atoms with Crippen molar-refractivity contribution in [3.05, 3.63) is 64.1 Å². The molecule has 0 radical (unpaired) electrons. The molecule has 2 aromatic carbocycles. The van der Waals surface area contributed by atoms with Gasteiger partial charge in [0, 0.05) is 17.8 Å². The molecule has 4 nitrogen and oxygen atoms in total. The Kier molecular flexibility index (Phi) is 3.75. The quantitative estimate of drug-likeness (QED) is 0.704. The molecule has 0 saturated heterocycles. The molecule has 134 valence electrons. The van der Waals surface area contributed by atoms with E-state index >= 15 is 0 Å². The Morgan fingerprint density at radius 3 is 2.70 bits per heavy atom. The zero-order valence-electron chi connectivity index (χ0n) is 15.1. The number of nitrogens with zero attached hydrogens (tertiary/aromatic N) is 2. The van der Waals surface area contributed by atoms with Gasteiger partial charge in [-0.2, -0.15) is 4.98 Å². The molecule has 0 aliphatic heterocycles. The minimum atomic E-state index is -0.261. The summed E-state index contributed by atoms with van der Waals surface area (Å²) >= 11 is 0. The van der Waals surface area contributed by atoms with Gasteiger partial charge in [0.15, 0.2) is 0 Å². The minimum Gasteiger partial charge on any atom is -0.367 e. The number of hydrogen-bond donors (Lipinski definition) is 1. The Labute approximate surface area is 158 Å². The topological polar surface area (TPSA) is 46.9 Å². The van der Waals surface area contributed by atoms with Gasteiger partial charge in [0.25, 0.3) is 0 Å². The monoisotopic (exact) mass is 355 g/mol. The zero-order chi connectivity index (χ0) is 18.4. The molecule has 27 heavy (non-hydrogen) atoms. The summed E-state index contributed by atoms with van der Waals surface area (Å²) in [4.78, 5) is 17.5. The highest BCUT2D eigenvalue weighted by Gasteiger charge is 2.26. The van der Waals surface area contributed by atoms with Gasteiger partial charge >= 0.3 is 5.69 Å². The van der Waals surface area contributed by atoms with Crippen molar-refractivity contribution in [2.45, 2.75) is 44.1 Å². The van der Waals surface area contributed by atoms with Crippen LogP contribution in [-0.2, 0) is 6.42 Å². The highest BCUT2D eigenvalue weighted by atomic mass is 16.1. The molecule has 1 N–H and O–H groups in total. The van der Waals surface area contributed by atoms with E-state index < -0.39 is 0 Å². The molecular formula is C23H21N3O. The molecule has 3 aromatic rings. The summed E-state index contributed by atoms with van der Waals surface area (Å²) in [6, 6.07) is 14.7. The molecule has 1 aromatic heterocycles. The van der Waals surface area contributed by atoms with E-state index in [2.05, 4.69) is 34.4 Å². The number of hydrogen-bond acceptors (Lipinski definition) is 3. The van der Waals surface area contributed by atoms with Crippen molar-refractivity contribution in [2.75, 3.05) is 5.32 Å². The Hall–Kier alpha value is -3.06. The normalized spacial score (nSPS) is 16.3. The number of aromatic nitrogens is 2. The molecule has 0 unspecified atom stereocenters. The number of fused-ring (bicyclic) bond motifs is 1. The maximum absolute atomic E-state index is 13.1. The summed E-state index contributed by atoms with van der Waals surface area (Å²) in [5.74, 6) is 4.02. The number of anilines is 1. The second-order valence-electron chi connectivity index (χ2n) is 7.56. The summed E-state index contributed by atoms with van der Waals surface area (Å²) in [6.45, 7) is 0. The van der Waals surface area contributed by atoms with Gasteiger partial charge in [-0.15, -0.1) is 12.3 Å². The van der Waals surface area contributed by atoms with Crippen LogP contribution < -0.4 is 11.0 Å². The molecule has 5 rings (SSSR count). The van der Waals surface area contributed by atoms with Gasteiger partial charge in [-0.05, 0) is 60.9 Å². The van der Waals surface area contributed by atoms with Crippen LogP contribution >= 0.6 is 0 Å². The molecule has 2 aliphatic carbocycles. The smallest absolute Gasteiger partial charge is 0.354 e. The van der Waals surface area contributed by atoms with E-state index in [1.807, 2.05) is 24.3 Å². The van der Waals surface area contributed by atoms with Gasteiger partial charge in [-0.3, -0.25) is 4.57 Å². The molecule has 4 heteroatoms. The highest BCUT2D eigenvalue weighted by Crippen LogP contribution is 2.41. The Bertz CT molecular complexity index is 1130. The lowest BCUT2D eigenvalue weighted by molar-refractivity contribution is 0.937. The summed E-state index contributed by atoms with van der Waals surface area (Å²) < 4.78 is 1.73. The van der Waals surface area contributed by atoms with Gasteiger partial charge in [-0.25, -0.2) is 4.79 Å². The lowest BCUT2D eigenvalue weighted by Gasteiger charge is -2.16. The Morgan fingerprint density at radius 1 is 1.15 bits per heavy atom. The average molecular weight is 355 g/mol. The van der Waals surface area contributed by atoms with Crippen LogP contribution in [0.3, 0.4) is 0 Å². The van der Waals surface area contributed by atoms with E-state index in [-0.39, 0.29) is 5.69 Å². The summed E-state index contributed by atoms with van der Waals surface area (Å²) in [7, 11) is 0. The third-order valence-corrected chi connectivity index (χ3v) is 5.41. The first-order valence-corrected chi connectivity index (χ1v) is 9.59. The van der Waals surface area contributed by atoms with Crippen LogP contribution in [0.15, 0.2) is 47.3 Å². The largest absolute Gasteiger partial charge is 0.367 e. The zero-order valence-corrected chi connectivity index (χ0v) is 15.1. The third kappa shape index (κ3) is 3.00. The van der Waals surface area contributed by atoms with Crippen molar-refractivity contribution >= 4 is 16.7 Å². The second-order valence-corrected chi connectivity index (χ2v) is 7.56. The van der Waals surface area contributed by atoms with Crippen molar-refractivity contribution in [3.8, 4) is 18.0 Å². The number of nitrogens with one attached hydrogen (secondary N) is 1. The van der Waals surface area contributed by atoms with Crippen molar-refractivity contribution < 1.29 is 0 Å². The third-order valence-electron chi connectivity index (χ3n) is 5.41. The Morgan fingerprint density at radius 2 is 1.96 bits per heavy atom. The highest BCUT2D eigenvalue weighted by molar-refractivity contribution is 5.91. The van der Waals surface area contributed by atoms with Crippen LogP contribution in [0.4, 0.5) is 5.82 Å². The van der Waals surface area contributed by atoms with Gasteiger partial charge in [0.2, 0.25) is 0 Å². The fourth-order valence-corrected chi connectivity index (χ4v) is 3.67.